The molecule has 0 saturated carbocycles. The summed E-state index contributed by atoms with van der Waals surface area (Å²) in [5.41, 5.74) is 0.790. The van der Waals surface area contributed by atoms with Gasteiger partial charge in [-0.2, -0.15) is 0 Å². The molecular weight excluding hydrogens is 1050 g/mol. The molecule has 13 atom stereocenters. The number of esters is 2. The molecule has 2 rings (SSSR count). The summed E-state index contributed by atoms with van der Waals surface area (Å²) in [7, 11) is 9.75. The van der Waals surface area contributed by atoms with E-state index in [9.17, 15) is 43.5 Å². The van der Waals surface area contributed by atoms with Gasteiger partial charge in [0.2, 0.25) is 29.5 Å². The van der Waals surface area contributed by atoms with Crippen LogP contribution in [0, 0.1) is 23.7 Å². The van der Waals surface area contributed by atoms with Gasteiger partial charge in [0.05, 0.1) is 61.8 Å². The fourth-order valence-corrected chi connectivity index (χ4v) is 10.1. The van der Waals surface area contributed by atoms with Gasteiger partial charge >= 0.3 is 18.0 Å². The van der Waals surface area contributed by atoms with Crippen molar-refractivity contribution in [2.45, 2.75) is 188 Å². The molecule has 1 saturated heterocycles. The van der Waals surface area contributed by atoms with Crippen LogP contribution in [0.1, 0.15) is 120 Å². The summed E-state index contributed by atoms with van der Waals surface area (Å²) in [6, 6.07) is 5.87. The summed E-state index contributed by atoms with van der Waals surface area (Å²) >= 11 is 0. The fraction of sp³-hybridized carbons (Fsp3) is 0.759. The number of likely N-dealkylation sites (tertiary alicyclic amines) is 1. The van der Waals surface area contributed by atoms with Gasteiger partial charge in [-0.15, -0.1) is 0 Å². The Balaban J connectivity index is 2.10. The van der Waals surface area contributed by atoms with Gasteiger partial charge in [-0.1, -0.05) is 92.1 Å². The molecule has 2 unspecified atom stereocenters. The van der Waals surface area contributed by atoms with E-state index < -0.39 is 103 Å². The van der Waals surface area contributed by atoms with Gasteiger partial charge in [0.25, 0.3) is 0 Å². The van der Waals surface area contributed by atoms with Crippen LogP contribution in [0.4, 0.5) is 4.79 Å². The van der Waals surface area contributed by atoms with Crippen LogP contribution in [-0.4, -0.2) is 210 Å². The highest BCUT2D eigenvalue weighted by Crippen LogP contribution is 2.30. The van der Waals surface area contributed by atoms with E-state index in [4.69, 9.17) is 33.2 Å². The first-order chi connectivity index (χ1) is 38.3. The Morgan fingerprint density at radius 2 is 1.44 bits per heavy atom. The minimum absolute atomic E-state index is 0.00166. The average molecular weight is 1150 g/mol. The van der Waals surface area contributed by atoms with Crippen LogP contribution in [0.2, 0.25) is 0 Å². The molecule has 0 bridgehead atoms. The maximum atomic E-state index is 14.5. The third-order valence-corrected chi connectivity index (χ3v) is 14.9. The van der Waals surface area contributed by atoms with Gasteiger partial charge in [-0.25, -0.2) is 9.59 Å². The summed E-state index contributed by atoms with van der Waals surface area (Å²) in [4.78, 5) is 113. The van der Waals surface area contributed by atoms with Crippen molar-refractivity contribution in [3.63, 3.8) is 0 Å². The second kappa shape index (κ2) is 36.9. The summed E-state index contributed by atoms with van der Waals surface area (Å²) < 4.78 is 38.4. The zero-order valence-electron chi connectivity index (χ0n) is 51.2. The number of aliphatic hydroxyl groups excluding tert-OH is 1. The molecular formula is C58H99N7O16. The molecule has 81 heavy (non-hydrogen) atoms. The quantitative estimate of drug-likeness (QED) is 0.0362. The minimum Gasteiger partial charge on any atom is -0.460 e. The van der Waals surface area contributed by atoms with Crippen LogP contribution in [0.25, 0.3) is 0 Å². The number of amides is 6. The van der Waals surface area contributed by atoms with E-state index in [2.05, 4.69) is 21.3 Å². The topological polar surface area (TPSA) is 279 Å². The first kappa shape index (κ1) is 71.6. The van der Waals surface area contributed by atoms with Crippen LogP contribution in [0.5, 0.6) is 0 Å². The first-order valence-corrected chi connectivity index (χ1v) is 28.6. The molecule has 1 aromatic carbocycles. The van der Waals surface area contributed by atoms with Gasteiger partial charge in [-0.05, 0) is 70.5 Å². The van der Waals surface area contributed by atoms with Crippen molar-refractivity contribution in [2.24, 2.45) is 23.7 Å². The van der Waals surface area contributed by atoms with Crippen molar-refractivity contribution in [1.29, 1.82) is 0 Å². The SMILES string of the molecule is CCC(CO)OC(COC(=O)NCCC(=O)O[C@@H](C)C(=O)O[C@@H](C)CCNC(=O)[C@H](Cc1ccccc1)NC(=O)[C@H](C)[C@@H](OC)[C@@H]1CCCN1C(=O)C[C@@H](OC)[C@H]([C@@H](C)CC)N(C)C(=O)[C@@H](NC(=O)[C@H](C(C)C)N(C)C)C(C)C)OC. The highest BCUT2D eigenvalue weighted by molar-refractivity contribution is 5.91. The van der Waals surface area contributed by atoms with E-state index in [0.29, 0.717) is 32.2 Å². The Labute approximate surface area is 481 Å². The normalized spacial score (nSPS) is 18.0. The van der Waals surface area contributed by atoms with Crippen molar-refractivity contribution in [2.75, 3.05) is 75.3 Å². The number of likely N-dealkylation sites (N-methyl/N-ethyl adjacent to an activating group) is 2. The molecule has 1 aliphatic heterocycles. The van der Waals surface area contributed by atoms with E-state index in [0.717, 1.165) is 5.56 Å². The number of aliphatic hydroxyl groups is 1. The number of carbonyl (C=O) groups is 8. The van der Waals surface area contributed by atoms with E-state index in [-0.39, 0.29) is 87.5 Å². The number of hydrogen-bond donors (Lipinski definition) is 5. The van der Waals surface area contributed by atoms with E-state index in [1.165, 1.54) is 28.3 Å². The Morgan fingerprint density at radius 3 is 2.00 bits per heavy atom. The Bertz CT molecular complexity index is 2090. The van der Waals surface area contributed by atoms with Crippen molar-refractivity contribution < 1.29 is 76.6 Å². The number of hydrogen-bond acceptors (Lipinski definition) is 17. The Kier molecular flexibility index (Phi) is 32.6. The monoisotopic (exact) mass is 1150 g/mol. The average Bonchev–Trinajstić information content (AvgIpc) is 3.91. The number of alkyl carbamates (subject to hydrolysis) is 1. The lowest BCUT2D eigenvalue weighted by atomic mass is 9.89. The number of benzene rings is 1. The molecule has 6 amide bonds. The van der Waals surface area contributed by atoms with Crippen LogP contribution < -0.4 is 21.3 Å². The minimum atomic E-state index is -1.28. The molecule has 0 spiro atoms. The highest BCUT2D eigenvalue weighted by atomic mass is 16.7. The van der Waals surface area contributed by atoms with Crippen molar-refractivity contribution in [3.05, 3.63) is 35.9 Å². The van der Waals surface area contributed by atoms with Crippen molar-refractivity contribution >= 4 is 47.6 Å². The van der Waals surface area contributed by atoms with Crippen molar-refractivity contribution in [3.8, 4) is 0 Å². The number of carbonyl (C=O) groups excluding carboxylic acids is 8. The number of rotatable bonds is 37. The van der Waals surface area contributed by atoms with E-state index in [1.54, 1.807) is 30.7 Å². The van der Waals surface area contributed by atoms with Crippen molar-refractivity contribution in [1.82, 2.24) is 36.0 Å². The van der Waals surface area contributed by atoms with Gasteiger partial charge in [0, 0.05) is 60.9 Å². The second-order valence-corrected chi connectivity index (χ2v) is 22.0. The number of nitrogens with zero attached hydrogens (tertiary/aromatic N) is 3. The standard InChI is InChI=1S/C58H99N7O16/c1-17-37(7)51(64(13)56(72)49(35(3)4)62-55(71)50(36(5)6)63(11)12)45(75-14)32-46(67)65-30-22-25-44(65)52(77-16)39(9)53(69)61-43(31-41-23-20-19-21-24-41)54(70)59-28-26-38(8)79-57(73)40(10)80-47(68)27-29-60-58(74)78-34-48(76-15)81-42(18-2)33-66/h19-21,23-24,35-40,42-45,48-52,66H,17-18,22,25-34H2,1-16H3,(H,59,70)(H,60,74)(H,61,69)(H,62,71)/t37-,38-,39+,40-,42?,43-,44-,45+,48?,49-,50-,51-,52+/m0/s1. The molecule has 1 aliphatic rings. The zero-order chi connectivity index (χ0) is 61.1. The van der Waals surface area contributed by atoms with Gasteiger partial charge < -0.3 is 69.3 Å². The first-order valence-electron chi connectivity index (χ1n) is 28.6. The fourth-order valence-electron chi connectivity index (χ4n) is 10.1. The van der Waals surface area contributed by atoms with Crippen LogP contribution in [0.3, 0.4) is 0 Å². The Hall–Kier alpha value is -5.46. The molecule has 1 aromatic rings. The van der Waals surface area contributed by atoms with E-state index in [1.807, 2.05) is 97.8 Å². The lowest BCUT2D eigenvalue weighted by Gasteiger charge is -2.41. The second-order valence-electron chi connectivity index (χ2n) is 22.0. The summed E-state index contributed by atoms with van der Waals surface area (Å²) in [5, 5.41) is 20.5. The maximum absolute atomic E-state index is 14.5. The molecule has 5 N–H and O–H groups in total. The molecule has 462 valence electrons. The van der Waals surface area contributed by atoms with Gasteiger partial charge in [0.1, 0.15) is 24.8 Å². The predicted molar refractivity (Wildman–Crippen MR) is 303 cm³/mol. The molecule has 1 heterocycles. The van der Waals surface area contributed by atoms with Gasteiger partial charge in [0.15, 0.2) is 12.4 Å². The van der Waals surface area contributed by atoms with E-state index >= 15 is 0 Å². The third-order valence-electron chi connectivity index (χ3n) is 14.9. The zero-order valence-corrected chi connectivity index (χ0v) is 51.2. The molecule has 0 aromatic heterocycles. The number of methoxy groups -OCH3 is 3. The number of nitrogens with one attached hydrogen (secondary N) is 4. The molecule has 23 nitrogen and oxygen atoms in total. The predicted octanol–water partition coefficient (Wildman–Crippen LogP) is 3.61. The van der Waals surface area contributed by atoms with Crippen LogP contribution in [-0.2, 0) is 73.1 Å². The molecule has 1 fully saturated rings. The smallest absolute Gasteiger partial charge is 0.407 e. The molecule has 0 aliphatic carbocycles. The third kappa shape index (κ3) is 23.4. The van der Waals surface area contributed by atoms with Gasteiger partial charge in [-0.3, -0.25) is 33.7 Å². The summed E-state index contributed by atoms with van der Waals surface area (Å²) in [5.74, 6) is -4.44. The summed E-state index contributed by atoms with van der Waals surface area (Å²) in [6.45, 7) is 18.0. The lowest BCUT2D eigenvalue weighted by Crippen LogP contribution is -2.59. The largest absolute Gasteiger partial charge is 0.460 e. The Morgan fingerprint density at radius 1 is 0.778 bits per heavy atom. The highest BCUT2D eigenvalue weighted by Gasteiger charge is 2.44. The number of ether oxygens (including phenoxy) is 7. The molecule has 0 radical (unpaired) electrons. The van der Waals surface area contributed by atoms with Crippen LogP contribution >= 0.6 is 0 Å². The summed E-state index contributed by atoms with van der Waals surface area (Å²) in [6.07, 6.45) is -3.28. The molecule has 23 heteroatoms. The lowest BCUT2D eigenvalue weighted by molar-refractivity contribution is -0.181. The maximum Gasteiger partial charge on any atom is 0.407 e. The van der Waals surface area contributed by atoms with Crippen LogP contribution in [0.15, 0.2) is 30.3 Å².